The van der Waals surface area contributed by atoms with Crippen LogP contribution in [0.5, 0.6) is 0 Å². The van der Waals surface area contributed by atoms with Gasteiger partial charge < -0.3 is 9.13 Å². The third-order valence-electron chi connectivity index (χ3n) is 6.80. The fourth-order valence-corrected chi connectivity index (χ4v) is 5.56. The fraction of sp³-hybridized carbons (Fsp3) is 0.172. The van der Waals surface area contributed by atoms with Gasteiger partial charge in [-0.1, -0.05) is 72.8 Å². The van der Waals surface area contributed by atoms with E-state index in [0.29, 0.717) is 12.1 Å². The quantitative estimate of drug-likeness (QED) is 0.282. The van der Waals surface area contributed by atoms with E-state index in [9.17, 15) is 0 Å². The summed E-state index contributed by atoms with van der Waals surface area (Å²) < 4.78 is 5.07. The van der Waals surface area contributed by atoms with Crippen molar-refractivity contribution in [3.8, 4) is 0 Å². The number of rotatable bonds is 4. The summed E-state index contributed by atoms with van der Waals surface area (Å²) >= 11 is 0. The molecule has 0 N–H and O–H groups in total. The lowest BCUT2D eigenvalue weighted by molar-refractivity contribution is 0.426. The van der Waals surface area contributed by atoms with Crippen molar-refractivity contribution in [1.29, 1.82) is 0 Å². The molecular weight excluding hydrogens is 376 g/mol. The van der Waals surface area contributed by atoms with Crippen molar-refractivity contribution >= 4 is 43.6 Å². The van der Waals surface area contributed by atoms with Crippen LogP contribution < -0.4 is 0 Å². The van der Waals surface area contributed by atoms with Gasteiger partial charge >= 0.3 is 0 Å². The van der Waals surface area contributed by atoms with Gasteiger partial charge in [0.2, 0.25) is 0 Å². The van der Waals surface area contributed by atoms with E-state index in [1.54, 1.807) is 0 Å². The molecule has 0 fully saturated rings. The van der Waals surface area contributed by atoms with Crippen molar-refractivity contribution in [3.05, 3.63) is 97.1 Å². The number of aromatic nitrogens is 2. The van der Waals surface area contributed by atoms with Crippen molar-refractivity contribution in [2.24, 2.45) is 0 Å². The van der Waals surface area contributed by atoms with Gasteiger partial charge in [0.1, 0.15) is 0 Å². The third kappa shape index (κ3) is 2.71. The van der Waals surface area contributed by atoms with Crippen LogP contribution in [0.25, 0.3) is 43.6 Å². The molecule has 31 heavy (non-hydrogen) atoms. The summed E-state index contributed by atoms with van der Waals surface area (Å²) in [5, 5.41) is 5.37. The summed E-state index contributed by atoms with van der Waals surface area (Å²) in [6.45, 7) is 4.73. The molecule has 0 aliphatic heterocycles. The zero-order valence-electron chi connectivity index (χ0n) is 18.0. The molecule has 0 bridgehead atoms. The lowest BCUT2D eigenvalue weighted by atomic mass is 10.1. The molecule has 6 aromatic rings. The maximum atomic E-state index is 2.54. The van der Waals surface area contributed by atoms with E-state index in [0.717, 1.165) is 6.42 Å². The molecule has 0 saturated heterocycles. The number of fused-ring (bicyclic) bond motifs is 6. The Kier molecular flexibility index (Phi) is 4.14. The predicted molar refractivity (Wildman–Crippen MR) is 133 cm³/mol. The highest BCUT2D eigenvalue weighted by molar-refractivity contribution is 6.09. The Labute approximate surface area is 182 Å². The molecule has 2 heterocycles. The van der Waals surface area contributed by atoms with Crippen LogP contribution in [0.15, 0.2) is 97.1 Å². The van der Waals surface area contributed by atoms with Crippen LogP contribution in [0.2, 0.25) is 0 Å². The second-order valence-electron chi connectivity index (χ2n) is 8.74. The molecule has 0 spiro atoms. The molecule has 2 nitrogen and oxygen atoms in total. The van der Waals surface area contributed by atoms with Crippen molar-refractivity contribution < 1.29 is 0 Å². The second kappa shape index (κ2) is 7.02. The predicted octanol–water partition coefficient (Wildman–Crippen LogP) is 8.11. The molecule has 2 unspecified atom stereocenters. The van der Waals surface area contributed by atoms with E-state index in [2.05, 4.69) is 120 Å². The monoisotopic (exact) mass is 402 g/mol. The van der Waals surface area contributed by atoms with E-state index in [1.165, 1.54) is 43.6 Å². The normalized spacial score (nSPS) is 14.0. The average Bonchev–Trinajstić information content (AvgIpc) is 3.32. The third-order valence-corrected chi connectivity index (χ3v) is 6.80. The number of benzene rings is 4. The summed E-state index contributed by atoms with van der Waals surface area (Å²) in [5.74, 6) is 0. The minimum atomic E-state index is 0.375. The van der Waals surface area contributed by atoms with Crippen LogP contribution in [0.3, 0.4) is 0 Å². The lowest BCUT2D eigenvalue weighted by Gasteiger charge is -2.23. The molecule has 2 heteroatoms. The number of para-hydroxylation sites is 4. The Bertz CT molecular complexity index is 1330. The smallest absolute Gasteiger partial charge is 0.0493 e. The maximum absolute atomic E-state index is 2.54. The van der Waals surface area contributed by atoms with Gasteiger partial charge in [0.15, 0.2) is 0 Å². The molecular formula is C29H26N2. The first-order valence-electron chi connectivity index (χ1n) is 11.2. The van der Waals surface area contributed by atoms with Gasteiger partial charge in [-0.15, -0.1) is 0 Å². The SMILES string of the molecule is CC(CC(C)n1c2ccccc2c2ccccc21)n1c2ccccc2c2ccccc21. The molecule has 0 radical (unpaired) electrons. The van der Waals surface area contributed by atoms with Crippen LogP contribution in [0.4, 0.5) is 0 Å². The maximum Gasteiger partial charge on any atom is 0.0493 e. The van der Waals surface area contributed by atoms with Gasteiger partial charge in [-0.3, -0.25) is 0 Å². The van der Waals surface area contributed by atoms with Crippen molar-refractivity contribution in [2.45, 2.75) is 32.4 Å². The molecule has 0 aliphatic carbocycles. The minimum absolute atomic E-state index is 0.375. The van der Waals surface area contributed by atoms with Gasteiger partial charge in [-0.05, 0) is 44.5 Å². The standard InChI is InChI=1S/C29H26N2/c1-20(30-26-15-7-3-11-22(26)23-12-4-8-16-27(23)30)19-21(2)31-28-17-9-5-13-24(28)25-14-6-10-18-29(25)31/h3-18,20-21H,19H2,1-2H3. The summed E-state index contributed by atoms with van der Waals surface area (Å²) in [6, 6.07) is 36.0. The Morgan fingerprint density at radius 1 is 0.452 bits per heavy atom. The topological polar surface area (TPSA) is 9.86 Å². The average molecular weight is 403 g/mol. The Hall–Kier alpha value is -3.52. The van der Waals surface area contributed by atoms with Crippen molar-refractivity contribution in [3.63, 3.8) is 0 Å². The molecule has 2 aromatic heterocycles. The van der Waals surface area contributed by atoms with Crippen LogP contribution in [-0.2, 0) is 0 Å². The van der Waals surface area contributed by atoms with E-state index in [1.807, 2.05) is 0 Å². The highest BCUT2D eigenvalue weighted by Crippen LogP contribution is 2.37. The van der Waals surface area contributed by atoms with Crippen LogP contribution in [0.1, 0.15) is 32.4 Å². The first-order chi connectivity index (χ1) is 15.2. The molecule has 0 saturated carbocycles. The van der Waals surface area contributed by atoms with Gasteiger partial charge in [-0.25, -0.2) is 0 Å². The first-order valence-corrected chi connectivity index (χ1v) is 11.2. The van der Waals surface area contributed by atoms with Crippen molar-refractivity contribution in [2.75, 3.05) is 0 Å². The van der Waals surface area contributed by atoms with E-state index in [-0.39, 0.29) is 0 Å². The molecule has 2 atom stereocenters. The van der Waals surface area contributed by atoms with Gasteiger partial charge in [-0.2, -0.15) is 0 Å². The largest absolute Gasteiger partial charge is 0.338 e. The number of hydrogen-bond acceptors (Lipinski definition) is 0. The highest BCUT2D eigenvalue weighted by Gasteiger charge is 2.20. The second-order valence-corrected chi connectivity index (χ2v) is 8.74. The lowest BCUT2D eigenvalue weighted by Crippen LogP contribution is -2.13. The summed E-state index contributed by atoms with van der Waals surface area (Å²) in [4.78, 5) is 0. The summed E-state index contributed by atoms with van der Waals surface area (Å²) in [5.41, 5.74) is 5.30. The highest BCUT2D eigenvalue weighted by atomic mass is 15.1. The molecule has 0 amide bonds. The zero-order valence-corrected chi connectivity index (χ0v) is 18.0. The van der Waals surface area contributed by atoms with E-state index in [4.69, 9.17) is 0 Å². The van der Waals surface area contributed by atoms with Crippen molar-refractivity contribution in [1.82, 2.24) is 9.13 Å². The van der Waals surface area contributed by atoms with Crippen LogP contribution >= 0.6 is 0 Å². The molecule has 0 aliphatic rings. The van der Waals surface area contributed by atoms with Gasteiger partial charge in [0, 0.05) is 55.7 Å². The summed E-state index contributed by atoms with van der Waals surface area (Å²) in [6.07, 6.45) is 1.06. The fourth-order valence-electron chi connectivity index (χ4n) is 5.56. The van der Waals surface area contributed by atoms with Crippen LogP contribution in [0, 0.1) is 0 Å². The number of nitrogens with zero attached hydrogens (tertiary/aromatic N) is 2. The first kappa shape index (κ1) is 18.3. The van der Waals surface area contributed by atoms with Crippen LogP contribution in [-0.4, -0.2) is 9.13 Å². The molecule has 4 aromatic carbocycles. The Balaban J connectivity index is 1.48. The van der Waals surface area contributed by atoms with Gasteiger partial charge in [0.05, 0.1) is 0 Å². The van der Waals surface area contributed by atoms with E-state index < -0.39 is 0 Å². The summed E-state index contributed by atoms with van der Waals surface area (Å²) in [7, 11) is 0. The minimum Gasteiger partial charge on any atom is -0.338 e. The Morgan fingerprint density at radius 3 is 1.00 bits per heavy atom. The molecule has 152 valence electrons. The zero-order chi connectivity index (χ0) is 20.9. The van der Waals surface area contributed by atoms with Gasteiger partial charge in [0.25, 0.3) is 0 Å². The van der Waals surface area contributed by atoms with E-state index >= 15 is 0 Å². The Morgan fingerprint density at radius 2 is 0.710 bits per heavy atom. The number of hydrogen-bond donors (Lipinski definition) is 0. The molecule has 6 rings (SSSR count).